The Morgan fingerprint density at radius 3 is 3.00 bits per heavy atom. The lowest BCUT2D eigenvalue weighted by Gasteiger charge is -2.35. The van der Waals surface area contributed by atoms with Gasteiger partial charge < -0.3 is 19.5 Å². The monoisotopic (exact) mass is 514 g/mol. The van der Waals surface area contributed by atoms with Crippen LogP contribution in [0.5, 0.6) is 5.88 Å². The topological polar surface area (TPSA) is 95.5 Å². The highest BCUT2D eigenvalue weighted by molar-refractivity contribution is 7.09. The van der Waals surface area contributed by atoms with Crippen molar-refractivity contribution in [1.29, 1.82) is 0 Å². The van der Waals surface area contributed by atoms with Crippen LogP contribution in [-0.2, 0) is 16.0 Å². The van der Waals surface area contributed by atoms with Crippen molar-refractivity contribution in [3.05, 3.63) is 51.9 Å². The van der Waals surface area contributed by atoms with Crippen molar-refractivity contribution in [3.8, 4) is 5.88 Å². The maximum Gasteiger partial charge on any atom is 0.357 e. The van der Waals surface area contributed by atoms with Gasteiger partial charge in [-0.1, -0.05) is 12.2 Å². The second-order valence-electron chi connectivity index (χ2n) is 8.57. The normalized spacial score (nSPS) is 18.1. The quantitative estimate of drug-likeness (QED) is 0.284. The van der Waals surface area contributed by atoms with E-state index in [0.717, 1.165) is 43.7 Å². The van der Waals surface area contributed by atoms with Gasteiger partial charge in [-0.3, -0.25) is 4.98 Å². The molecule has 10 heteroatoms. The van der Waals surface area contributed by atoms with E-state index in [1.807, 2.05) is 6.08 Å². The van der Waals surface area contributed by atoms with Crippen molar-refractivity contribution in [1.82, 2.24) is 20.3 Å². The summed E-state index contributed by atoms with van der Waals surface area (Å²) in [7, 11) is 1.53. The van der Waals surface area contributed by atoms with E-state index >= 15 is 0 Å². The van der Waals surface area contributed by atoms with E-state index in [9.17, 15) is 9.18 Å². The summed E-state index contributed by atoms with van der Waals surface area (Å²) >= 11 is 1.43. The molecule has 0 bridgehead atoms. The number of aromatic nitrogens is 3. The minimum atomic E-state index is -0.459. The van der Waals surface area contributed by atoms with Crippen LogP contribution in [0, 0.1) is 5.82 Å². The number of thiazole rings is 1. The first kappa shape index (κ1) is 26.1. The predicted octanol–water partition coefficient (Wildman–Crippen LogP) is 4.93. The average molecular weight is 515 g/mol. The van der Waals surface area contributed by atoms with Crippen molar-refractivity contribution in [2.45, 2.75) is 51.2 Å². The molecule has 1 unspecified atom stereocenters. The smallest absolute Gasteiger partial charge is 0.357 e. The molecule has 36 heavy (non-hydrogen) atoms. The van der Waals surface area contributed by atoms with Crippen LogP contribution in [0.25, 0.3) is 17.1 Å². The van der Waals surface area contributed by atoms with Crippen LogP contribution in [0.15, 0.2) is 29.8 Å². The summed E-state index contributed by atoms with van der Waals surface area (Å²) in [4.78, 5) is 24.7. The highest BCUT2D eigenvalue weighted by Gasteiger charge is 2.30. The molecule has 0 saturated carbocycles. The fraction of sp³-hybridized carbons (Fsp3) is 0.462. The van der Waals surface area contributed by atoms with Crippen molar-refractivity contribution >= 4 is 34.4 Å². The van der Waals surface area contributed by atoms with Gasteiger partial charge in [-0.05, 0) is 51.6 Å². The Morgan fingerprint density at radius 2 is 2.22 bits per heavy atom. The van der Waals surface area contributed by atoms with Gasteiger partial charge in [0.2, 0.25) is 5.88 Å². The molecule has 4 rings (SSSR count). The molecular formula is C26H31FN4O4S. The summed E-state index contributed by atoms with van der Waals surface area (Å²) in [5.74, 6) is -0.415. The van der Waals surface area contributed by atoms with E-state index in [0.29, 0.717) is 47.9 Å². The molecule has 0 spiro atoms. The zero-order valence-corrected chi connectivity index (χ0v) is 21.4. The second kappa shape index (κ2) is 12.3. The molecule has 4 heterocycles. The third-order valence-electron chi connectivity index (χ3n) is 6.09. The highest BCUT2D eigenvalue weighted by atomic mass is 32.1. The maximum absolute atomic E-state index is 14.8. The largest absolute Gasteiger partial charge is 0.481 e. The van der Waals surface area contributed by atoms with Crippen LogP contribution in [-0.4, -0.2) is 53.4 Å². The van der Waals surface area contributed by atoms with Crippen molar-refractivity contribution in [2.24, 2.45) is 0 Å². The van der Waals surface area contributed by atoms with Crippen LogP contribution in [0.2, 0.25) is 0 Å². The molecule has 1 atom stereocenters. The number of hydrogen-bond donors (Lipinski definition) is 1. The Kier molecular flexibility index (Phi) is 8.95. The third kappa shape index (κ3) is 6.43. The fourth-order valence-corrected chi connectivity index (χ4v) is 4.97. The van der Waals surface area contributed by atoms with Crippen LogP contribution >= 0.6 is 11.3 Å². The maximum atomic E-state index is 14.8. The van der Waals surface area contributed by atoms with Crippen LogP contribution in [0.4, 0.5) is 4.39 Å². The summed E-state index contributed by atoms with van der Waals surface area (Å²) in [5, 5.41) is 5.94. The van der Waals surface area contributed by atoms with Gasteiger partial charge in [-0.15, -0.1) is 11.3 Å². The van der Waals surface area contributed by atoms with Gasteiger partial charge in [0, 0.05) is 30.2 Å². The molecule has 1 aliphatic rings. The van der Waals surface area contributed by atoms with Gasteiger partial charge in [-0.2, -0.15) is 0 Å². The lowest BCUT2D eigenvalue weighted by atomic mass is 9.88. The van der Waals surface area contributed by atoms with Crippen LogP contribution in [0.1, 0.15) is 60.1 Å². The minimum Gasteiger partial charge on any atom is -0.481 e. The number of carbonyl (C=O) groups excluding carboxylic acids is 1. The van der Waals surface area contributed by atoms with E-state index in [4.69, 9.17) is 14.2 Å². The number of fused-ring (bicyclic) bond motifs is 1. The molecule has 3 aromatic rings. The first-order valence-corrected chi connectivity index (χ1v) is 13.1. The van der Waals surface area contributed by atoms with Gasteiger partial charge >= 0.3 is 5.97 Å². The number of halogens is 1. The number of ether oxygens (including phenoxy) is 3. The summed E-state index contributed by atoms with van der Waals surface area (Å²) in [6, 6.07) is 3.48. The first-order valence-electron chi connectivity index (χ1n) is 12.2. The fourth-order valence-electron chi connectivity index (χ4n) is 4.24. The third-order valence-corrected chi connectivity index (χ3v) is 6.94. The van der Waals surface area contributed by atoms with Crippen molar-refractivity contribution < 1.29 is 23.4 Å². The molecule has 8 nitrogen and oxygen atoms in total. The van der Waals surface area contributed by atoms with Gasteiger partial charge in [0.05, 0.1) is 31.0 Å². The minimum absolute atomic E-state index is 0.330. The Labute approximate surface area is 213 Å². The van der Waals surface area contributed by atoms with Crippen LogP contribution < -0.4 is 10.1 Å². The number of methoxy groups -OCH3 is 1. The zero-order chi connectivity index (χ0) is 25.4. The molecule has 3 aromatic heterocycles. The molecular weight excluding hydrogens is 483 g/mol. The zero-order valence-electron chi connectivity index (χ0n) is 20.6. The predicted molar refractivity (Wildman–Crippen MR) is 137 cm³/mol. The average Bonchev–Trinajstić information content (AvgIpc) is 3.37. The summed E-state index contributed by atoms with van der Waals surface area (Å²) in [6.07, 6.45) is 9.59. The number of hydrogen-bond acceptors (Lipinski definition) is 9. The SMILES string of the molecule is CCOC(=O)c1csc(CNCCCC2(/C=C\c3c(F)cnc4ccc(OC)nc34)CCCCO2)n1. The summed E-state index contributed by atoms with van der Waals surface area (Å²) in [5.41, 5.74) is 1.34. The number of pyridine rings is 2. The second-order valence-corrected chi connectivity index (χ2v) is 9.51. The molecule has 1 aliphatic heterocycles. The van der Waals surface area contributed by atoms with Gasteiger partial charge in [0.15, 0.2) is 11.5 Å². The molecule has 192 valence electrons. The Hall–Kier alpha value is -2.95. The van der Waals surface area contributed by atoms with E-state index in [1.54, 1.807) is 30.5 Å². The molecule has 1 N–H and O–H groups in total. The lowest BCUT2D eigenvalue weighted by molar-refractivity contribution is -0.0487. The van der Waals surface area contributed by atoms with Crippen molar-refractivity contribution in [2.75, 3.05) is 26.9 Å². The molecule has 1 fully saturated rings. The standard InChI is InChI=1S/C26H31FN4O4S/c1-3-34-25(32)21-17-36-23(30-21)16-28-13-6-11-26(10-4-5-14-35-26)12-9-18-19(27)15-29-20-7-8-22(33-2)31-24(18)20/h7-9,12,15,17,28H,3-6,10-11,13-14,16H2,1-2H3/b12-9-. The number of carbonyl (C=O) groups is 1. The molecule has 1 saturated heterocycles. The Balaban J connectivity index is 1.39. The number of nitrogens with zero attached hydrogens (tertiary/aromatic N) is 3. The van der Waals surface area contributed by atoms with Crippen molar-refractivity contribution in [3.63, 3.8) is 0 Å². The molecule has 0 radical (unpaired) electrons. The summed E-state index contributed by atoms with van der Waals surface area (Å²) < 4.78 is 31.2. The van der Waals surface area contributed by atoms with Gasteiger partial charge in [0.1, 0.15) is 10.5 Å². The number of rotatable bonds is 11. The van der Waals surface area contributed by atoms with Gasteiger partial charge in [-0.25, -0.2) is 19.2 Å². The number of nitrogens with one attached hydrogen (secondary N) is 1. The molecule has 0 amide bonds. The lowest BCUT2D eigenvalue weighted by Crippen LogP contribution is -2.35. The van der Waals surface area contributed by atoms with Crippen LogP contribution in [0.3, 0.4) is 0 Å². The van der Waals surface area contributed by atoms with E-state index in [1.165, 1.54) is 24.6 Å². The molecule has 0 aromatic carbocycles. The molecule has 0 aliphatic carbocycles. The Morgan fingerprint density at radius 1 is 1.33 bits per heavy atom. The van der Waals surface area contributed by atoms with E-state index < -0.39 is 17.4 Å². The van der Waals surface area contributed by atoms with E-state index in [2.05, 4.69) is 20.3 Å². The Bertz CT molecular complexity index is 1210. The number of esters is 1. The van der Waals surface area contributed by atoms with E-state index in [-0.39, 0.29) is 0 Å². The first-order chi connectivity index (χ1) is 17.5. The summed E-state index contributed by atoms with van der Waals surface area (Å²) in [6.45, 7) is 4.12. The van der Waals surface area contributed by atoms with Gasteiger partial charge in [0.25, 0.3) is 0 Å². The highest BCUT2D eigenvalue weighted by Crippen LogP contribution is 2.33.